The van der Waals surface area contributed by atoms with E-state index in [1.807, 2.05) is 20.0 Å². The van der Waals surface area contributed by atoms with Crippen LogP contribution < -0.4 is 22.4 Å². The number of hydrazone groups is 1. The molecule has 1 aliphatic heterocycles. The van der Waals surface area contributed by atoms with E-state index >= 15 is 0 Å². The van der Waals surface area contributed by atoms with E-state index in [1.54, 1.807) is 0 Å². The molecule has 0 saturated heterocycles. The lowest BCUT2D eigenvalue weighted by atomic mass is 9.92. The molecule has 0 saturated carbocycles. The third-order valence-electron chi connectivity index (χ3n) is 3.91. The zero-order valence-electron chi connectivity index (χ0n) is 15.0. The summed E-state index contributed by atoms with van der Waals surface area (Å²) in [7, 11) is 0. The number of hydrazine groups is 1. The van der Waals surface area contributed by atoms with Crippen molar-refractivity contribution in [2.75, 3.05) is 13.1 Å². The van der Waals surface area contributed by atoms with Crippen LogP contribution in [0.15, 0.2) is 29.5 Å². The van der Waals surface area contributed by atoms with Gasteiger partial charge in [0.15, 0.2) is 0 Å². The lowest BCUT2D eigenvalue weighted by Crippen LogP contribution is -2.35. The summed E-state index contributed by atoms with van der Waals surface area (Å²) in [5.41, 5.74) is 5.88. The van der Waals surface area contributed by atoms with Crippen LogP contribution in [-0.4, -0.2) is 35.0 Å². The van der Waals surface area contributed by atoms with Gasteiger partial charge in [-0.2, -0.15) is 5.10 Å². The molecule has 1 aromatic rings. The molecule has 1 aromatic heterocycles. The Morgan fingerprint density at radius 3 is 2.60 bits per heavy atom. The molecule has 0 radical (unpaired) electrons. The second-order valence-corrected chi connectivity index (χ2v) is 6.19. The first-order valence-electron chi connectivity index (χ1n) is 8.18. The van der Waals surface area contributed by atoms with Crippen molar-refractivity contribution in [2.45, 2.75) is 27.2 Å². The number of aliphatic carboxylic acids is 1. The molecule has 0 aromatic carbocycles. The molecule has 7 N–H and O–H groups in total. The fraction of sp³-hybridized carbons (Fsp3) is 0.471. The summed E-state index contributed by atoms with van der Waals surface area (Å²) < 4.78 is 0. The molecule has 1 aliphatic rings. The van der Waals surface area contributed by atoms with Gasteiger partial charge in [-0.1, -0.05) is 26.0 Å². The van der Waals surface area contributed by atoms with Gasteiger partial charge >= 0.3 is 5.97 Å². The number of amidine groups is 1. The van der Waals surface area contributed by atoms with Crippen LogP contribution in [0.1, 0.15) is 31.5 Å². The van der Waals surface area contributed by atoms with Crippen molar-refractivity contribution in [1.29, 1.82) is 0 Å². The topological polar surface area (TPSA) is 139 Å². The first-order chi connectivity index (χ1) is 11.9. The number of nitrogens with one attached hydrogen (secondary N) is 2. The molecule has 138 valence electrons. The van der Waals surface area contributed by atoms with E-state index < -0.39 is 11.9 Å². The monoisotopic (exact) mass is 348 g/mol. The number of nitrogens with two attached hydrogens (primary N) is 2. The van der Waals surface area contributed by atoms with E-state index in [4.69, 9.17) is 16.8 Å². The van der Waals surface area contributed by atoms with Crippen molar-refractivity contribution in [3.8, 4) is 0 Å². The standard InChI is InChI=1S/C10H12N2.C7H16N4O2/c1-8-2-3-10(12-6-8)9-4-5-11-7-9;1-4(2)5(7(12)13)3-6(10-8)11-9/h2-4,6,11H,5,7H2,1H3;4-5H,3,8-9H2,1-2H3,(H,10,11)(H,12,13). The summed E-state index contributed by atoms with van der Waals surface area (Å²) >= 11 is 0. The molecule has 2 rings (SSSR count). The average Bonchev–Trinajstić information content (AvgIpc) is 3.11. The van der Waals surface area contributed by atoms with Crippen LogP contribution in [0.5, 0.6) is 0 Å². The molecule has 1 unspecified atom stereocenters. The SMILES string of the molecule is CC(C)C(C/C(=N/N)NN)C(=O)O.Cc1ccc(C2=CCNC2)nc1. The summed E-state index contributed by atoms with van der Waals surface area (Å²) in [6, 6.07) is 4.18. The van der Waals surface area contributed by atoms with Gasteiger partial charge in [0, 0.05) is 25.7 Å². The Bertz CT molecular complexity index is 610. The first-order valence-corrected chi connectivity index (χ1v) is 8.18. The number of nitrogens with zero attached hydrogens (tertiary/aromatic N) is 2. The fourth-order valence-corrected chi connectivity index (χ4v) is 2.29. The molecule has 1 atom stereocenters. The van der Waals surface area contributed by atoms with E-state index in [9.17, 15) is 4.79 Å². The van der Waals surface area contributed by atoms with Gasteiger partial charge in [-0.3, -0.25) is 9.78 Å². The Labute approximate surface area is 148 Å². The molecule has 8 heteroatoms. The highest BCUT2D eigenvalue weighted by molar-refractivity contribution is 5.85. The molecule has 2 heterocycles. The maximum absolute atomic E-state index is 10.7. The third kappa shape index (κ3) is 6.90. The number of carboxylic acid groups (broad SMARTS) is 1. The maximum Gasteiger partial charge on any atom is 0.307 e. The van der Waals surface area contributed by atoms with Crippen molar-refractivity contribution in [3.05, 3.63) is 35.7 Å². The van der Waals surface area contributed by atoms with E-state index in [2.05, 4.69) is 46.0 Å². The Kier molecular flexibility index (Phi) is 8.59. The summed E-state index contributed by atoms with van der Waals surface area (Å²) in [5, 5.41) is 15.4. The van der Waals surface area contributed by atoms with E-state index in [0.29, 0.717) is 5.84 Å². The van der Waals surface area contributed by atoms with Gasteiger partial charge in [-0.25, -0.2) is 5.84 Å². The second-order valence-electron chi connectivity index (χ2n) is 6.19. The van der Waals surface area contributed by atoms with Gasteiger partial charge in [0.2, 0.25) is 0 Å². The van der Waals surface area contributed by atoms with Crippen molar-refractivity contribution >= 4 is 17.4 Å². The molecule has 0 spiro atoms. The first kappa shape index (κ1) is 20.6. The van der Waals surface area contributed by atoms with Crippen LogP contribution in [0.3, 0.4) is 0 Å². The predicted molar refractivity (Wildman–Crippen MR) is 99.3 cm³/mol. The van der Waals surface area contributed by atoms with Gasteiger partial charge in [0.1, 0.15) is 5.84 Å². The Morgan fingerprint density at radius 2 is 2.20 bits per heavy atom. The second kappa shape index (κ2) is 10.4. The highest BCUT2D eigenvalue weighted by Crippen LogP contribution is 2.15. The Hall–Kier alpha value is -2.45. The highest BCUT2D eigenvalue weighted by Gasteiger charge is 2.23. The Morgan fingerprint density at radius 1 is 1.48 bits per heavy atom. The van der Waals surface area contributed by atoms with Gasteiger partial charge < -0.3 is 21.7 Å². The molecule has 0 amide bonds. The molecular weight excluding hydrogens is 320 g/mol. The lowest BCUT2D eigenvalue weighted by Gasteiger charge is -2.16. The summed E-state index contributed by atoms with van der Waals surface area (Å²) in [5.74, 6) is 8.99. The van der Waals surface area contributed by atoms with Gasteiger partial charge in [-0.15, -0.1) is 0 Å². The van der Waals surface area contributed by atoms with Crippen molar-refractivity contribution in [3.63, 3.8) is 0 Å². The maximum atomic E-state index is 10.7. The number of hydrogen-bond donors (Lipinski definition) is 5. The normalized spacial score (nSPS) is 15.2. The predicted octanol–water partition coefficient (Wildman–Crippen LogP) is 0.845. The van der Waals surface area contributed by atoms with Crippen molar-refractivity contribution in [2.24, 2.45) is 28.6 Å². The van der Waals surface area contributed by atoms with E-state index in [1.165, 1.54) is 11.1 Å². The van der Waals surface area contributed by atoms with Crippen molar-refractivity contribution in [1.82, 2.24) is 15.7 Å². The van der Waals surface area contributed by atoms with Crippen LogP contribution in [-0.2, 0) is 4.79 Å². The van der Waals surface area contributed by atoms with Crippen LogP contribution in [0.25, 0.3) is 5.57 Å². The molecule has 0 fully saturated rings. The van der Waals surface area contributed by atoms with Crippen LogP contribution >= 0.6 is 0 Å². The minimum atomic E-state index is -0.869. The number of pyridine rings is 1. The Balaban J connectivity index is 0.000000250. The number of hydrogen-bond acceptors (Lipinski definition) is 6. The third-order valence-corrected chi connectivity index (χ3v) is 3.91. The van der Waals surface area contributed by atoms with Crippen LogP contribution in [0, 0.1) is 18.8 Å². The number of aryl methyl sites for hydroxylation is 1. The van der Waals surface area contributed by atoms with E-state index in [0.717, 1.165) is 18.8 Å². The molecule has 0 bridgehead atoms. The van der Waals surface area contributed by atoms with E-state index in [-0.39, 0.29) is 12.3 Å². The van der Waals surface area contributed by atoms with Gasteiger partial charge in [0.05, 0.1) is 11.6 Å². The zero-order valence-corrected chi connectivity index (χ0v) is 15.0. The smallest absolute Gasteiger partial charge is 0.307 e. The largest absolute Gasteiger partial charge is 0.481 e. The van der Waals surface area contributed by atoms with Crippen molar-refractivity contribution < 1.29 is 9.90 Å². The molecule has 8 nitrogen and oxygen atoms in total. The average molecular weight is 348 g/mol. The van der Waals surface area contributed by atoms with Gasteiger partial charge in [0.25, 0.3) is 0 Å². The summed E-state index contributed by atoms with van der Waals surface area (Å²) in [4.78, 5) is 15.1. The zero-order chi connectivity index (χ0) is 18.8. The van der Waals surface area contributed by atoms with Crippen LogP contribution in [0.2, 0.25) is 0 Å². The minimum Gasteiger partial charge on any atom is -0.481 e. The van der Waals surface area contributed by atoms with Gasteiger partial charge in [-0.05, 0) is 30.0 Å². The molecular formula is C17H28N6O2. The summed E-state index contributed by atoms with van der Waals surface area (Å²) in [6.07, 6.45) is 4.33. The summed E-state index contributed by atoms with van der Waals surface area (Å²) in [6.45, 7) is 7.63. The number of carbonyl (C=O) groups is 1. The highest BCUT2D eigenvalue weighted by atomic mass is 16.4. The quantitative estimate of drug-likeness (QED) is 0.230. The lowest BCUT2D eigenvalue weighted by molar-refractivity contribution is -0.142. The molecule has 0 aliphatic carbocycles. The fourth-order valence-electron chi connectivity index (χ4n) is 2.29. The number of rotatable bonds is 5. The molecule has 25 heavy (non-hydrogen) atoms. The van der Waals surface area contributed by atoms with Crippen LogP contribution in [0.4, 0.5) is 0 Å². The number of carboxylic acids is 1. The number of aromatic nitrogens is 1. The minimum absolute atomic E-state index is 0.0163.